The predicted octanol–water partition coefficient (Wildman–Crippen LogP) is 2.32. The Morgan fingerprint density at radius 2 is 2.14 bits per heavy atom. The molecule has 0 radical (unpaired) electrons. The maximum Gasteiger partial charge on any atom is 0.115 e. The summed E-state index contributed by atoms with van der Waals surface area (Å²) in [5.41, 5.74) is 1.19. The maximum absolute atomic E-state index is 9.31. The lowest BCUT2D eigenvalue weighted by atomic mass is 10.0. The Morgan fingerprint density at radius 1 is 1.36 bits per heavy atom. The third kappa shape index (κ3) is 3.38. The van der Waals surface area contributed by atoms with Crippen LogP contribution in [0.4, 0.5) is 0 Å². The molecule has 0 fully saturated rings. The molecule has 0 heterocycles. The molecule has 0 saturated heterocycles. The minimum absolute atomic E-state index is 0.355. The molecule has 1 aromatic rings. The number of phenolic OH excluding ortho intramolecular Hbond substituents is 1. The minimum atomic E-state index is 0.355. The van der Waals surface area contributed by atoms with Crippen LogP contribution in [-0.2, 0) is 6.42 Å². The van der Waals surface area contributed by atoms with E-state index in [1.54, 1.807) is 6.07 Å². The van der Waals surface area contributed by atoms with Crippen molar-refractivity contribution in [2.45, 2.75) is 32.7 Å². The molecule has 0 aromatic heterocycles. The zero-order valence-electron chi connectivity index (χ0n) is 8.96. The number of aromatic hydroxyl groups is 1. The van der Waals surface area contributed by atoms with Crippen LogP contribution in [-0.4, -0.2) is 17.7 Å². The fourth-order valence-corrected chi connectivity index (χ4v) is 1.62. The van der Waals surface area contributed by atoms with Crippen molar-refractivity contribution in [2.75, 3.05) is 6.54 Å². The Labute approximate surface area is 86.0 Å². The van der Waals surface area contributed by atoms with Crippen LogP contribution in [0.2, 0.25) is 0 Å². The van der Waals surface area contributed by atoms with E-state index in [1.165, 1.54) is 5.56 Å². The second kappa shape index (κ2) is 5.66. The van der Waals surface area contributed by atoms with E-state index in [0.717, 1.165) is 19.4 Å². The smallest absolute Gasteiger partial charge is 0.115 e. The molecule has 1 aromatic carbocycles. The number of phenols is 1. The monoisotopic (exact) mass is 193 g/mol. The van der Waals surface area contributed by atoms with Gasteiger partial charge in [-0.25, -0.2) is 0 Å². The van der Waals surface area contributed by atoms with Gasteiger partial charge in [0.1, 0.15) is 5.75 Å². The van der Waals surface area contributed by atoms with Crippen LogP contribution in [0.5, 0.6) is 5.75 Å². The highest BCUT2D eigenvalue weighted by atomic mass is 16.3. The molecule has 1 rings (SSSR count). The van der Waals surface area contributed by atoms with Gasteiger partial charge in [0, 0.05) is 6.04 Å². The molecule has 2 heteroatoms. The standard InChI is InChI=1S/C12H19NO/c1-3-11(13-4-2)8-10-6-5-7-12(14)9-10/h5-7,9,11,13-14H,3-4,8H2,1-2H3. The van der Waals surface area contributed by atoms with Gasteiger partial charge < -0.3 is 10.4 Å². The van der Waals surface area contributed by atoms with Crippen LogP contribution < -0.4 is 5.32 Å². The molecule has 0 amide bonds. The van der Waals surface area contributed by atoms with E-state index in [0.29, 0.717) is 11.8 Å². The molecule has 2 nitrogen and oxygen atoms in total. The van der Waals surface area contributed by atoms with Crippen LogP contribution in [0.3, 0.4) is 0 Å². The van der Waals surface area contributed by atoms with Crippen LogP contribution in [0, 0.1) is 0 Å². The topological polar surface area (TPSA) is 32.3 Å². The SMILES string of the molecule is CCNC(CC)Cc1cccc(O)c1. The number of rotatable bonds is 5. The maximum atomic E-state index is 9.31. The summed E-state index contributed by atoms with van der Waals surface area (Å²) in [5.74, 6) is 0.355. The minimum Gasteiger partial charge on any atom is -0.508 e. The molecule has 0 aliphatic rings. The Morgan fingerprint density at radius 3 is 2.71 bits per heavy atom. The summed E-state index contributed by atoms with van der Waals surface area (Å²) in [4.78, 5) is 0. The number of nitrogens with one attached hydrogen (secondary N) is 1. The summed E-state index contributed by atoms with van der Waals surface area (Å²) >= 11 is 0. The van der Waals surface area contributed by atoms with Crippen molar-refractivity contribution in [1.82, 2.24) is 5.32 Å². The average Bonchev–Trinajstić information content (AvgIpc) is 2.17. The number of hydrogen-bond acceptors (Lipinski definition) is 2. The van der Waals surface area contributed by atoms with E-state index in [1.807, 2.05) is 12.1 Å². The summed E-state index contributed by atoms with van der Waals surface area (Å²) < 4.78 is 0. The molecule has 0 aliphatic heterocycles. The normalized spacial score (nSPS) is 12.7. The first-order valence-corrected chi connectivity index (χ1v) is 5.27. The van der Waals surface area contributed by atoms with Crippen molar-refractivity contribution in [2.24, 2.45) is 0 Å². The highest BCUT2D eigenvalue weighted by molar-refractivity contribution is 5.27. The van der Waals surface area contributed by atoms with E-state index in [4.69, 9.17) is 0 Å². The summed E-state index contributed by atoms with van der Waals surface area (Å²) in [6.07, 6.45) is 2.10. The first-order valence-electron chi connectivity index (χ1n) is 5.27. The van der Waals surface area contributed by atoms with Crippen LogP contribution in [0.15, 0.2) is 24.3 Å². The fraction of sp³-hybridized carbons (Fsp3) is 0.500. The Balaban J connectivity index is 2.57. The van der Waals surface area contributed by atoms with E-state index >= 15 is 0 Å². The quantitative estimate of drug-likeness (QED) is 0.752. The van der Waals surface area contributed by atoms with Gasteiger partial charge in [-0.15, -0.1) is 0 Å². The van der Waals surface area contributed by atoms with Crippen molar-refractivity contribution < 1.29 is 5.11 Å². The fourth-order valence-electron chi connectivity index (χ4n) is 1.62. The summed E-state index contributed by atoms with van der Waals surface area (Å²) in [6, 6.07) is 8.00. The molecule has 78 valence electrons. The van der Waals surface area contributed by atoms with Gasteiger partial charge in [0.15, 0.2) is 0 Å². The van der Waals surface area contributed by atoms with Crippen molar-refractivity contribution in [1.29, 1.82) is 0 Å². The summed E-state index contributed by atoms with van der Waals surface area (Å²) in [7, 11) is 0. The first kappa shape index (κ1) is 11.1. The van der Waals surface area contributed by atoms with Gasteiger partial charge in [-0.2, -0.15) is 0 Å². The zero-order chi connectivity index (χ0) is 10.4. The van der Waals surface area contributed by atoms with E-state index in [-0.39, 0.29) is 0 Å². The number of likely N-dealkylation sites (N-methyl/N-ethyl adjacent to an activating group) is 1. The lowest BCUT2D eigenvalue weighted by Crippen LogP contribution is -2.30. The molecular formula is C12H19NO. The molecule has 0 aliphatic carbocycles. The van der Waals surface area contributed by atoms with E-state index < -0.39 is 0 Å². The van der Waals surface area contributed by atoms with Gasteiger partial charge in [-0.05, 0) is 37.1 Å². The van der Waals surface area contributed by atoms with Crippen LogP contribution in [0.1, 0.15) is 25.8 Å². The predicted molar refractivity (Wildman–Crippen MR) is 59.6 cm³/mol. The average molecular weight is 193 g/mol. The molecular weight excluding hydrogens is 174 g/mol. The van der Waals surface area contributed by atoms with Gasteiger partial charge in [0.05, 0.1) is 0 Å². The second-order valence-corrected chi connectivity index (χ2v) is 3.54. The third-order valence-electron chi connectivity index (χ3n) is 2.38. The molecule has 1 unspecified atom stereocenters. The van der Waals surface area contributed by atoms with Crippen molar-refractivity contribution in [3.05, 3.63) is 29.8 Å². The zero-order valence-corrected chi connectivity index (χ0v) is 8.96. The van der Waals surface area contributed by atoms with Gasteiger partial charge >= 0.3 is 0 Å². The molecule has 1 atom stereocenters. The van der Waals surface area contributed by atoms with Crippen molar-refractivity contribution in [3.63, 3.8) is 0 Å². The molecule has 2 N–H and O–H groups in total. The number of benzene rings is 1. The first-order chi connectivity index (χ1) is 6.76. The third-order valence-corrected chi connectivity index (χ3v) is 2.38. The molecule has 14 heavy (non-hydrogen) atoms. The van der Waals surface area contributed by atoms with Crippen LogP contribution in [0.25, 0.3) is 0 Å². The van der Waals surface area contributed by atoms with Gasteiger partial charge in [0.25, 0.3) is 0 Å². The van der Waals surface area contributed by atoms with Gasteiger partial charge in [-0.3, -0.25) is 0 Å². The highest BCUT2D eigenvalue weighted by Gasteiger charge is 2.05. The molecule has 0 saturated carbocycles. The second-order valence-electron chi connectivity index (χ2n) is 3.54. The lowest BCUT2D eigenvalue weighted by Gasteiger charge is -2.15. The largest absolute Gasteiger partial charge is 0.508 e. The van der Waals surface area contributed by atoms with E-state index in [9.17, 15) is 5.11 Å². The Kier molecular flexibility index (Phi) is 4.47. The van der Waals surface area contributed by atoms with Gasteiger partial charge in [0.2, 0.25) is 0 Å². The molecule has 0 spiro atoms. The molecule has 0 bridgehead atoms. The van der Waals surface area contributed by atoms with Crippen LogP contribution >= 0.6 is 0 Å². The van der Waals surface area contributed by atoms with E-state index in [2.05, 4.69) is 25.2 Å². The Bertz CT molecular complexity index is 273. The Hall–Kier alpha value is -1.02. The number of hydrogen-bond donors (Lipinski definition) is 2. The van der Waals surface area contributed by atoms with Crippen molar-refractivity contribution in [3.8, 4) is 5.75 Å². The van der Waals surface area contributed by atoms with Gasteiger partial charge in [-0.1, -0.05) is 26.0 Å². The lowest BCUT2D eigenvalue weighted by molar-refractivity contribution is 0.472. The summed E-state index contributed by atoms with van der Waals surface area (Å²) in [5, 5.41) is 12.7. The van der Waals surface area contributed by atoms with Crippen molar-refractivity contribution >= 4 is 0 Å². The highest BCUT2D eigenvalue weighted by Crippen LogP contribution is 2.13. The summed E-state index contributed by atoms with van der Waals surface area (Å²) in [6.45, 7) is 5.29.